The number of likely N-dealkylation sites (tertiary alicyclic amines) is 1. The summed E-state index contributed by atoms with van der Waals surface area (Å²) >= 11 is 0. The van der Waals surface area contributed by atoms with Gasteiger partial charge in [0.25, 0.3) is 0 Å². The maximum atomic E-state index is 13.6. The molecule has 5 nitrogen and oxygen atoms in total. The number of hydrogen-bond acceptors (Lipinski definition) is 4. The molecule has 2 N–H and O–H groups in total. The number of piperidine rings is 1. The number of hydrogen-bond donors (Lipinski definition) is 1. The van der Waals surface area contributed by atoms with Crippen molar-refractivity contribution in [3.63, 3.8) is 0 Å². The molecular formula is C21H28FN3O2. The second-order valence-corrected chi connectivity index (χ2v) is 8.23. The summed E-state index contributed by atoms with van der Waals surface area (Å²) in [5.74, 6) is 0.793. The van der Waals surface area contributed by atoms with Gasteiger partial charge in [-0.3, -0.25) is 4.79 Å². The third-order valence-corrected chi connectivity index (χ3v) is 6.54. The lowest BCUT2D eigenvalue weighted by Gasteiger charge is -2.33. The number of fused-ring (bicyclic) bond motifs is 1. The molecule has 0 atom stereocenters. The highest BCUT2D eigenvalue weighted by atomic mass is 19.1. The molecule has 1 amide bonds. The summed E-state index contributed by atoms with van der Waals surface area (Å²) < 4.78 is 18.9. The van der Waals surface area contributed by atoms with Crippen LogP contribution in [0.25, 0.3) is 11.0 Å². The highest BCUT2D eigenvalue weighted by Crippen LogP contribution is 2.34. The molecular weight excluding hydrogens is 345 g/mol. The lowest BCUT2D eigenvalue weighted by molar-refractivity contribution is -0.123. The molecule has 4 rings (SSSR count). The number of carbonyl (C=O) groups is 1. The zero-order valence-electron chi connectivity index (χ0n) is 15.7. The number of primary amides is 1. The highest BCUT2D eigenvalue weighted by molar-refractivity contribution is 5.80. The van der Waals surface area contributed by atoms with Crippen LogP contribution in [0.1, 0.15) is 56.6 Å². The van der Waals surface area contributed by atoms with Gasteiger partial charge in [-0.05, 0) is 88.7 Å². The number of halogens is 1. The van der Waals surface area contributed by atoms with E-state index in [0.717, 1.165) is 75.2 Å². The van der Waals surface area contributed by atoms with Crippen molar-refractivity contribution in [2.45, 2.75) is 50.9 Å². The highest BCUT2D eigenvalue weighted by Gasteiger charge is 2.27. The van der Waals surface area contributed by atoms with Crippen molar-refractivity contribution in [2.75, 3.05) is 19.6 Å². The van der Waals surface area contributed by atoms with Crippen molar-refractivity contribution in [1.29, 1.82) is 0 Å². The van der Waals surface area contributed by atoms with E-state index in [1.54, 1.807) is 6.07 Å². The van der Waals surface area contributed by atoms with E-state index in [1.165, 1.54) is 18.6 Å². The Morgan fingerprint density at radius 1 is 1.19 bits per heavy atom. The van der Waals surface area contributed by atoms with Gasteiger partial charge < -0.3 is 15.2 Å². The van der Waals surface area contributed by atoms with Crippen LogP contribution in [-0.2, 0) is 4.79 Å². The van der Waals surface area contributed by atoms with Crippen molar-refractivity contribution >= 4 is 16.9 Å². The Hall–Kier alpha value is -1.95. The third-order valence-electron chi connectivity index (χ3n) is 6.54. The van der Waals surface area contributed by atoms with Gasteiger partial charge in [0.2, 0.25) is 5.91 Å². The Labute approximate surface area is 159 Å². The number of nitrogens with zero attached hydrogens (tertiary/aromatic N) is 2. The average molecular weight is 373 g/mol. The second-order valence-electron chi connectivity index (χ2n) is 8.23. The van der Waals surface area contributed by atoms with Crippen LogP contribution in [0.4, 0.5) is 4.39 Å². The van der Waals surface area contributed by atoms with Gasteiger partial charge in [-0.25, -0.2) is 4.39 Å². The van der Waals surface area contributed by atoms with Gasteiger partial charge in [0.05, 0.1) is 5.69 Å². The lowest BCUT2D eigenvalue weighted by atomic mass is 9.80. The molecule has 2 heterocycles. The molecule has 1 saturated heterocycles. The van der Waals surface area contributed by atoms with Crippen LogP contribution in [0.5, 0.6) is 0 Å². The van der Waals surface area contributed by atoms with E-state index in [2.05, 4.69) is 10.1 Å². The molecule has 1 saturated carbocycles. The molecule has 2 aliphatic rings. The minimum Gasteiger partial charge on any atom is -0.369 e. The normalized spacial score (nSPS) is 25.1. The van der Waals surface area contributed by atoms with E-state index in [1.807, 2.05) is 0 Å². The summed E-state index contributed by atoms with van der Waals surface area (Å²) in [5, 5.41) is 5.05. The van der Waals surface area contributed by atoms with E-state index >= 15 is 0 Å². The monoisotopic (exact) mass is 373 g/mol. The van der Waals surface area contributed by atoms with Gasteiger partial charge in [-0.1, -0.05) is 5.16 Å². The zero-order valence-corrected chi connectivity index (χ0v) is 15.7. The Bertz CT molecular complexity index is 790. The summed E-state index contributed by atoms with van der Waals surface area (Å²) in [5.41, 5.74) is 7.00. The van der Waals surface area contributed by atoms with Gasteiger partial charge >= 0.3 is 0 Å². The van der Waals surface area contributed by atoms with E-state index in [0.29, 0.717) is 11.5 Å². The predicted molar refractivity (Wildman–Crippen MR) is 102 cm³/mol. The topological polar surface area (TPSA) is 72.4 Å². The summed E-state index contributed by atoms with van der Waals surface area (Å²) in [6.07, 6.45) is 7.43. The quantitative estimate of drug-likeness (QED) is 0.865. The molecule has 1 aromatic heterocycles. The SMILES string of the molecule is NC(=O)C1CCC(CCN2CCC(c3noc4ccc(F)cc34)CC2)CC1. The first kappa shape index (κ1) is 18.4. The van der Waals surface area contributed by atoms with E-state index in [4.69, 9.17) is 10.3 Å². The molecule has 0 bridgehead atoms. The third kappa shape index (κ3) is 4.15. The van der Waals surface area contributed by atoms with Crippen LogP contribution >= 0.6 is 0 Å². The first-order valence-electron chi connectivity index (χ1n) is 10.2. The van der Waals surface area contributed by atoms with E-state index < -0.39 is 0 Å². The van der Waals surface area contributed by atoms with Gasteiger partial charge in [0.15, 0.2) is 5.58 Å². The van der Waals surface area contributed by atoms with Crippen LogP contribution in [-0.4, -0.2) is 35.6 Å². The molecule has 0 unspecified atom stereocenters. The lowest BCUT2D eigenvalue weighted by Crippen LogP contribution is -2.35. The Morgan fingerprint density at radius 2 is 1.93 bits per heavy atom. The molecule has 6 heteroatoms. The van der Waals surface area contributed by atoms with Gasteiger partial charge in [0.1, 0.15) is 5.82 Å². The van der Waals surface area contributed by atoms with Crippen molar-refractivity contribution in [3.05, 3.63) is 29.7 Å². The van der Waals surface area contributed by atoms with Crippen molar-refractivity contribution in [3.8, 4) is 0 Å². The summed E-state index contributed by atoms with van der Waals surface area (Å²) in [6.45, 7) is 3.21. The molecule has 0 radical (unpaired) electrons. The van der Waals surface area contributed by atoms with Crippen LogP contribution in [0.2, 0.25) is 0 Å². The maximum absolute atomic E-state index is 13.6. The Kier molecular flexibility index (Phi) is 5.43. The number of aromatic nitrogens is 1. The molecule has 1 aliphatic heterocycles. The minimum absolute atomic E-state index is 0.0964. The van der Waals surface area contributed by atoms with Crippen LogP contribution in [0.3, 0.4) is 0 Å². The first-order valence-corrected chi connectivity index (χ1v) is 10.2. The fourth-order valence-corrected chi connectivity index (χ4v) is 4.75. The molecule has 2 fully saturated rings. The van der Waals surface area contributed by atoms with Crippen LogP contribution in [0.15, 0.2) is 22.7 Å². The number of nitrogens with two attached hydrogens (primary N) is 1. The first-order chi connectivity index (χ1) is 13.1. The predicted octanol–water partition coefficient (Wildman–Crippen LogP) is 3.83. The smallest absolute Gasteiger partial charge is 0.220 e. The van der Waals surface area contributed by atoms with E-state index in [-0.39, 0.29) is 17.6 Å². The van der Waals surface area contributed by atoms with Crippen LogP contribution < -0.4 is 5.73 Å². The zero-order chi connectivity index (χ0) is 18.8. The van der Waals surface area contributed by atoms with Crippen molar-refractivity contribution < 1.29 is 13.7 Å². The second kappa shape index (κ2) is 7.97. The minimum atomic E-state index is -0.240. The molecule has 27 heavy (non-hydrogen) atoms. The maximum Gasteiger partial charge on any atom is 0.220 e. The van der Waals surface area contributed by atoms with Crippen molar-refractivity contribution in [1.82, 2.24) is 10.1 Å². The largest absolute Gasteiger partial charge is 0.369 e. The molecule has 0 spiro atoms. The van der Waals surface area contributed by atoms with Crippen molar-refractivity contribution in [2.24, 2.45) is 17.6 Å². The van der Waals surface area contributed by atoms with Crippen LogP contribution in [0, 0.1) is 17.7 Å². The Balaban J connectivity index is 1.26. The number of amides is 1. The molecule has 1 aliphatic carbocycles. The average Bonchev–Trinajstić information content (AvgIpc) is 3.10. The number of rotatable bonds is 5. The molecule has 1 aromatic carbocycles. The van der Waals surface area contributed by atoms with Gasteiger partial charge in [0, 0.05) is 17.2 Å². The number of carbonyl (C=O) groups excluding carboxylic acids is 1. The standard InChI is InChI=1S/C21H28FN3O2/c22-17-5-6-19-18(13-17)20(24-27-19)15-8-11-25(12-9-15)10-7-14-1-3-16(4-2-14)21(23)26/h5-6,13-16H,1-4,7-12H2,(H2,23,26). The van der Waals surface area contributed by atoms with Gasteiger partial charge in [-0.15, -0.1) is 0 Å². The fourth-order valence-electron chi connectivity index (χ4n) is 4.75. The molecule has 2 aromatic rings. The fraction of sp³-hybridized carbons (Fsp3) is 0.619. The summed E-state index contributed by atoms with van der Waals surface area (Å²) in [7, 11) is 0. The van der Waals surface area contributed by atoms with Gasteiger partial charge in [-0.2, -0.15) is 0 Å². The number of benzene rings is 1. The summed E-state index contributed by atoms with van der Waals surface area (Å²) in [4.78, 5) is 13.8. The molecule has 146 valence electrons. The van der Waals surface area contributed by atoms with E-state index in [9.17, 15) is 9.18 Å². The summed E-state index contributed by atoms with van der Waals surface area (Å²) in [6, 6.07) is 4.61. The Morgan fingerprint density at radius 3 is 2.63 bits per heavy atom.